The molecule has 382 valence electrons. The predicted molar refractivity (Wildman–Crippen MR) is 288 cm³/mol. The first-order chi connectivity index (χ1) is 33.0. The van der Waals surface area contributed by atoms with Crippen LogP contribution < -0.4 is 0 Å². The minimum atomic E-state index is -0.820. The van der Waals surface area contributed by atoms with Gasteiger partial charge < -0.3 is 14.2 Å². The highest BCUT2D eigenvalue weighted by atomic mass is 16.6. The van der Waals surface area contributed by atoms with Gasteiger partial charge in [0.2, 0.25) is 0 Å². The van der Waals surface area contributed by atoms with Gasteiger partial charge in [-0.05, 0) is 122 Å². The molecule has 6 heteroatoms. The van der Waals surface area contributed by atoms with Crippen LogP contribution in [0.15, 0.2) is 97.2 Å². The Kier molecular flexibility index (Phi) is 51.9. The smallest absolute Gasteiger partial charge is 0.306 e. The highest BCUT2D eigenvalue weighted by molar-refractivity contribution is 5.71. The van der Waals surface area contributed by atoms with E-state index in [1.54, 1.807) is 0 Å². The lowest BCUT2D eigenvalue weighted by Gasteiger charge is -2.18. The number of ether oxygens (including phenoxy) is 3. The van der Waals surface area contributed by atoms with Gasteiger partial charge in [-0.2, -0.15) is 0 Å². The summed E-state index contributed by atoms with van der Waals surface area (Å²) in [5.41, 5.74) is 0. The van der Waals surface area contributed by atoms with Crippen molar-refractivity contribution in [3.8, 4) is 0 Å². The molecule has 1 atom stereocenters. The molecule has 0 saturated carbocycles. The molecule has 0 rings (SSSR count). The Labute approximate surface area is 413 Å². The molecule has 0 fully saturated rings. The number of unbranched alkanes of at least 4 members (excludes halogenated alkanes) is 22. The molecule has 0 bridgehead atoms. The van der Waals surface area contributed by atoms with Crippen LogP contribution in [0.25, 0.3) is 0 Å². The van der Waals surface area contributed by atoms with Crippen molar-refractivity contribution in [1.29, 1.82) is 0 Å². The Bertz CT molecular complexity index is 1350. The van der Waals surface area contributed by atoms with Crippen molar-refractivity contribution in [2.45, 2.75) is 258 Å². The van der Waals surface area contributed by atoms with Gasteiger partial charge in [0.15, 0.2) is 6.10 Å². The molecule has 0 aromatic carbocycles. The van der Waals surface area contributed by atoms with Crippen LogP contribution in [0.3, 0.4) is 0 Å². The molecular weight excluding hydrogens is 829 g/mol. The number of allylic oxidation sites excluding steroid dienone is 16. The summed E-state index contributed by atoms with van der Waals surface area (Å²) in [6.45, 7) is 6.50. The van der Waals surface area contributed by atoms with Gasteiger partial charge in [-0.3, -0.25) is 14.4 Å². The molecule has 0 aromatic heterocycles. The van der Waals surface area contributed by atoms with Crippen molar-refractivity contribution >= 4 is 17.9 Å². The fourth-order valence-electron chi connectivity index (χ4n) is 7.32. The molecule has 0 spiro atoms. The average Bonchev–Trinajstić information content (AvgIpc) is 3.33. The maximum absolute atomic E-state index is 12.8. The summed E-state index contributed by atoms with van der Waals surface area (Å²) in [5, 5.41) is 0. The van der Waals surface area contributed by atoms with Crippen LogP contribution in [0, 0.1) is 0 Å². The summed E-state index contributed by atoms with van der Waals surface area (Å²) in [5.74, 6) is -0.998. The van der Waals surface area contributed by atoms with Crippen LogP contribution >= 0.6 is 0 Å². The standard InChI is InChI=1S/C61H102O6/c1-4-7-10-13-16-19-22-25-28-30-33-36-39-42-45-48-51-54-60(63)66-57-58(56-65-59(62)53-50-47-44-41-38-35-32-27-24-21-18-15-12-9-6-3)67-61(64)55-52-49-46-43-40-37-34-31-29-26-23-20-17-14-11-8-5-2/h16-17,19-20,25-29,32-34,36-37,43,46,58H,4-15,18,21-24,30-31,35,38-42,44-45,47-57H2,1-3H3/b19-16-,20-17-,28-25-,29-26-,32-27-,36-33-,37-34-,46-43-/t58-/m0/s1. The van der Waals surface area contributed by atoms with E-state index in [-0.39, 0.29) is 37.5 Å². The Hall–Kier alpha value is -3.67. The van der Waals surface area contributed by atoms with Gasteiger partial charge >= 0.3 is 17.9 Å². The number of carbonyl (C=O) groups excluding carboxylic acids is 3. The Morgan fingerprint density at radius 3 is 0.925 bits per heavy atom. The van der Waals surface area contributed by atoms with E-state index in [0.29, 0.717) is 19.3 Å². The number of esters is 3. The lowest BCUT2D eigenvalue weighted by Crippen LogP contribution is -2.30. The zero-order chi connectivity index (χ0) is 48.6. The van der Waals surface area contributed by atoms with Crippen molar-refractivity contribution in [2.24, 2.45) is 0 Å². The molecule has 0 N–H and O–H groups in total. The van der Waals surface area contributed by atoms with Gasteiger partial charge in [-0.15, -0.1) is 0 Å². The highest BCUT2D eigenvalue weighted by Crippen LogP contribution is 2.13. The maximum Gasteiger partial charge on any atom is 0.306 e. The number of hydrogen-bond donors (Lipinski definition) is 0. The first-order valence-corrected chi connectivity index (χ1v) is 27.7. The van der Waals surface area contributed by atoms with Gasteiger partial charge in [-0.25, -0.2) is 0 Å². The van der Waals surface area contributed by atoms with Crippen molar-refractivity contribution in [1.82, 2.24) is 0 Å². The van der Waals surface area contributed by atoms with Gasteiger partial charge in [0.1, 0.15) is 13.2 Å². The lowest BCUT2D eigenvalue weighted by molar-refractivity contribution is -0.167. The zero-order valence-electron chi connectivity index (χ0n) is 43.6. The second-order valence-electron chi connectivity index (χ2n) is 18.1. The molecule has 0 aliphatic carbocycles. The number of carbonyl (C=O) groups is 3. The Morgan fingerprint density at radius 1 is 0.299 bits per heavy atom. The molecular formula is C61H102O6. The zero-order valence-corrected chi connectivity index (χ0v) is 43.6. The molecule has 0 aromatic rings. The molecule has 0 amide bonds. The minimum Gasteiger partial charge on any atom is -0.462 e. The summed E-state index contributed by atoms with van der Waals surface area (Å²) in [6.07, 6.45) is 72.5. The van der Waals surface area contributed by atoms with Gasteiger partial charge in [0, 0.05) is 19.3 Å². The third-order valence-electron chi connectivity index (χ3n) is 11.5. The van der Waals surface area contributed by atoms with Crippen LogP contribution in [-0.4, -0.2) is 37.2 Å². The average molecular weight is 931 g/mol. The number of hydrogen-bond acceptors (Lipinski definition) is 6. The minimum absolute atomic E-state index is 0.112. The Balaban J connectivity index is 4.54. The van der Waals surface area contributed by atoms with Crippen LogP contribution in [0.1, 0.15) is 252 Å². The quantitative estimate of drug-likeness (QED) is 0.0262. The lowest BCUT2D eigenvalue weighted by atomic mass is 10.1. The van der Waals surface area contributed by atoms with E-state index in [4.69, 9.17) is 14.2 Å². The van der Waals surface area contributed by atoms with Crippen LogP contribution in [-0.2, 0) is 28.6 Å². The normalized spacial score (nSPS) is 12.8. The monoisotopic (exact) mass is 931 g/mol. The van der Waals surface area contributed by atoms with Crippen molar-refractivity contribution in [3.63, 3.8) is 0 Å². The van der Waals surface area contributed by atoms with E-state index < -0.39 is 6.10 Å². The first kappa shape index (κ1) is 63.3. The molecule has 0 heterocycles. The largest absolute Gasteiger partial charge is 0.462 e. The van der Waals surface area contributed by atoms with E-state index in [1.165, 1.54) is 103 Å². The van der Waals surface area contributed by atoms with Crippen molar-refractivity contribution in [2.75, 3.05) is 13.2 Å². The van der Waals surface area contributed by atoms with E-state index in [9.17, 15) is 14.4 Å². The second kappa shape index (κ2) is 54.9. The van der Waals surface area contributed by atoms with Crippen molar-refractivity contribution in [3.05, 3.63) is 97.2 Å². The molecule has 0 aliphatic heterocycles. The molecule has 0 aliphatic rings. The van der Waals surface area contributed by atoms with E-state index in [1.807, 2.05) is 0 Å². The predicted octanol–water partition coefficient (Wildman–Crippen LogP) is 18.5. The summed E-state index contributed by atoms with van der Waals surface area (Å²) in [6, 6.07) is 0. The third kappa shape index (κ3) is 53.2. The van der Waals surface area contributed by atoms with Crippen LogP contribution in [0.2, 0.25) is 0 Å². The SMILES string of the molecule is CCCCC/C=C\C/C=C\C/C=C\C/C=C\CCCC(=O)O[C@H](COC(=O)CCCCCC/C=C\C/C=C\C/C=C\CCCCC)COC(=O)CCCCCCC/C=C\CCCCCCCC. The van der Waals surface area contributed by atoms with Gasteiger partial charge in [0.25, 0.3) is 0 Å². The molecule has 6 nitrogen and oxygen atoms in total. The number of rotatable bonds is 49. The van der Waals surface area contributed by atoms with Crippen LogP contribution in [0.5, 0.6) is 0 Å². The van der Waals surface area contributed by atoms with Gasteiger partial charge in [0.05, 0.1) is 0 Å². The molecule has 0 saturated heterocycles. The first-order valence-electron chi connectivity index (χ1n) is 27.7. The second-order valence-corrected chi connectivity index (χ2v) is 18.1. The third-order valence-corrected chi connectivity index (χ3v) is 11.5. The topological polar surface area (TPSA) is 78.9 Å². The van der Waals surface area contributed by atoms with E-state index in [0.717, 1.165) is 103 Å². The van der Waals surface area contributed by atoms with Gasteiger partial charge in [-0.1, -0.05) is 208 Å². The van der Waals surface area contributed by atoms with Crippen molar-refractivity contribution < 1.29 is 28.6 Å². The maximum atomic E-state index is 12.8. The molecule has 67 heavy (non-hydrogen) atoms. The molecule has 0 unspecified atom stereocenters. The molecule has 0 radical (unpaired) electrons. The Morgan fingerprint density at radius 2 is 0.552 bits per heavy atom. The fourth-order valence-corrected chi connectivity index (χ4v) is 7.32. The van der Waals surface area contributed by atoms with E-state index in [2.05, 4.69) is 118 Å². The van der Waals surface area contributed by atoms with E-state index >= 15 is 0 Å². The summed E-state index contributed by atoms with van der Waals surface area (Å²) in [4.78, 5) is 38.1. The fraction of sp³-hybridized carbons (Fsp3) is 0.689. The highest BCUT2D eigenvalue weighted by Gasteiger charge is 2.19. The van der Waals surface area contributed by atoms with Crippen LogP contribution in [0.4, 0.5) is 0 Å². The summed E-state index contributed by atoms with van der Waals surface area (Å²) in [7, 11) is 0. The summed E-state index contributed by atoms with van der Waals surface area (Å²) >= 11 is 0. The summed E-state index contributed by atoms with van der Waals surface area (Å²) < 4.78 is 16.8.